The number of piperidine rings is 1. The first-order chi connectivity index (χ1) is 9.25. The third kappa shape index (κ3) is 4.82. The first kappa shape index (κ1) is 14.3. The SMILES string of the molecule is O=C(CCC1CCCNC1)NCC(=O)N1CCCC1. The molecule has 5 heteroatoms. The van der Waals surface area contributed by atoms with Crippen LogP contribution in [0.25, 0.3) is 0 Å². The van der Waals surface area contributed by atoms with E-state index >= 15 is 0 Å². The zero-order chi connectivity index (χ0) is 13.5. The average Bonchev–Trinajstić information content (AvgIpc) is 2.98. The van der Waals surface area contributed by atoms with Crippen molar-refractivity contribution in [3.63, 3.8) is 0 Å². The first-order valence-electron chi connectivity index (χ1n) is 7.51. The van der Waals surface area contributed by atoms with Crippen LogP contribution < -0.4 is 10.6 Å². The summed E-state index contributed by atoms with van der Waals surface area (Å²) in [4.78, 5) is 25.3. The number of likely N-dealkylation sites (tertiary alicyclic amines) is 1. The van der Waals surface area contributed by atoms with E-state index in [1.807, 2.05) is 4.90 Å². The van der Waals surface area contributed by atoms with Crippen molar-refractivity contribution in [2.24, 2.45) is 5.92 Å². The highest BCUT2D eigenvalue weighted by Crippen LogP contribution is 2.15. The number of carbonyl (C=O) groups excluding carboxylic acids is 2. The molecular weight excluding hydrogens is 242 g/mol. The van der Waals surface area contributed by atoms with Gasteiger partial charge in [0.2, 0.25) is 11.8 Å². The van der Waals surface area contributed by atoms with Gasteiger partial charge in [0.1, 0.15) is 0 Å². The molecule has 19 heavy (non-hydrogen) atoms. The summed E-state index contributed by atoms with van der Waals surface area (Å²) in [6, 6.07) is 0. The first-order valence-corrected chi connectivity index (χ1v) is 7.51. The van der Waals surface area contributed by atoms with E-state index in [-0.39, 0.29) is 18.4 Å². The van der Waals surface area contributed by atoms with E-state index in [2.05, 4.69) is 10.6 Å². The number of carbonyl (C=O) groups is 2. The maximum absolute atomic E-state index is 11.8. The predicted octanol–water partition coefficient (Wildman–Crippen LogP) is 0.505. The predicted molar refractivity (Wildman–Crippen MR) is 73.7 cm³/mol. The van der Waals surface area contributed by atoms with Crippen LogP contribution in [0.5, 0.6) is 0 Å². The Balaban J connectivity index is 1.57. The maximum atomic E-state index is 11.8. The molecule has 0 spiro atoms. The molecule has 0 aromatic heterocycles. The van der Waals surface area contributed by atoms with Gasteiger partial charge in [0.05, 0.1) is 6.54 Å². The van der Waals surface area contributed by atoms with Crippen LogP contribution in [0.1, 0.15) is 38.5 Å². The summed E-state index contributed by atoms with van der Waals surface area (Å²) < 4.78 is 0. The van der Waals surface area contributed by atoms with E-state index in [9.17, 15) is 9.59 Å². The minimum atomic E-state index is 0.0121. The van der Waals surface area contributed by atoms with Gasteiger partial charge in [-0.1, -0.05) is 0 Å². The van der Waals surface area contributed by atoms with Crippen molar-refractivity contribution in [2.75, 3.05) is 32.7 Å². The minimum Gasteiger partial charge on any atom is -0.347 e. The second-order valence-electron chi connectivity index (χ2n) is 5.62. The molecule has 0 saturated carbocycles. The number of nitrogens with one attached hydrogen (secondary N) is 2. The summed E-state index contributed by atoms with van der Waals surface area (Å²) in [5, 5.41) is 6.10. The molecule has 2 saturated heterocycles. The number of amides is 2. The lowest BCUT2D eigenvalue weighted by Crippen LogP contribution is -2.39. The number of rotatable bonds is 5. The molecule has 0 aromatic carbocycles. The highest BCUT2D eigenvalue weighted by atomic mass is 16.2. The molecule has 2 fully saturated rings. The molecule has 2 N–H and O–H groups in total. The molecule has 2 aliphatic rings. The molecule has 5 nitrogen and oxygen atoms in total. The van der Waals surface area contributed by atoms with Crippen molar-refractivity contribution in [1.82, 2.24) is 15.5 Å². The van der Waals surface area contributed by atoms with Crippen molar-refractivity contribution in [3.8, 4) is 0 Å². The van der Waals surface area contributed by atoms with Gasteiger partial charge in [0.15, 0.2) is 0 Å². The van der Waals surface area contributed by atoms with Gasteiger partial charge in [-0.05, 0) is 51.1 Å². The van der Waals surface area contributed by atoms with Gasteiger partial charge in [-0.25, -0.2) is 0 Å². The van der Waals surface area contributed by atoms with Crippen LogP contribution in [0.4, 0.5) is 0 Å². The van der Waals surface area contributed by atoms with Crippen LogP contribution >= 0.6 is 0 Å². The molecule has 2 rings (SSSR count). The average molecular weight is 267 g/mol. The van der Waals surface area contributed by atoms with Crippen LogP contribution in [0.2, 0.25) is 0 Å². The fraction of sp³-hybridized carbons (Fsp3) is 0.857. The van der Waals surface area contributed by atoms with Crippen molar-refractivity contribution in [1.29, 1.82) is 0 Å². The van der Waals surface area contributed by atoms with Crippen LogP contribution in [0.15, 0.2) is 0 Å². The van der Waals surface area contributed by atoms with Crippen LogP contribution in [-0.2, 0) is 9.59 Å². The van der Waals surface area contributed by atoms with Crippen molar-refractivity contribution < 1.29 is 9.59 Å². The quantitative estimate of drug-likeness (QED) is 0.763. The van der Waals surface area contributed by atoms with Crippen molar-refractivity contribution in [2.45, 2.75) is 38.5 Å². The van der Waals surface area contributed by atoms with Gasteiger partial charge in [-0.3, -0.25) is 9.59 Å². The second-order valence-corrected chi connectivity index (χ2v) is 5.62. The minimum absolute atomic E-state index is 0.0121. The molecule has 1 unspecified atom stereocenters. The monoisotopic (exact) mass is 267 g/mol. The van der Waals surface area contributed by atoms with Crippen LogP contribution in [0, 0.1) is 5.92 Å². The molecule has 2 heterocycles. The van der Waals surface area contributed by atoms with E-state index in [1.54, 1.807) is 0 Å². The zero-order valence-corrected chi connectivity index (χ0v) is 11.6. The van der Waals surface area contributed by atoms with Crippen molar-refractivity contribution in [3.05, 3.63) is 0 Å². The summed E-state index contributed by atoms with van der Waals surface area (Å²) in [7, 11) is 0. The Hall–Kier alpha value is -1.10. The van der Waals surface area contributed by atoms with Gasteiger partial charge < -0.3 is 15.5 Å². The summed E-state index contributed by atoms with van der Waals surface area (Å²) >= 11 is 0. The van der Waals surface area contributed by atoms with Gasteiger partial charge >= 0.3 is 0 Å². The molecular formula is C14H25N3O2. The topological polar surface area (TPSA) is 61.4 Å². The fourth-order valence-electron chi connectivity index (χ4n) is 2.85. The third-order valence-corrected chi connectivity index (χ3v) is 4.07. The number of nitrogens with zero attached hydrogens (tertiary/aromatic N) is 1. The molecule has 0 aliphatic carbocycles. The highest BCUT2D eigenvalue weighted by Gasteiger charge is 2.19. The van der Waals surface area contributed by atoms with Crippen molar-refractivity contribution >= 4 is 11.8 Å². The lowest BCUT2D eigenvalue weighted by molar-refractivity contribution is -0.132. The maximum Gasteiger partial charge on any atom is 0.241 e. The number of hydrogen-bond donors (Lipinski definition) is 2. The van der Waals surface area contributed by atoms with E-state index in [0.717, 1.165) is 45.4 Å². The highest BCUT2D eigenvalue weighted by molar-refractivity contribution is 5.84. The fourth-order valence-corrected chi connectivity index (χ4v) is 2.85. The standard InChI is InChI=1S/C14H25N3O2/c18-13(6-5-12-4-3-7-15-10-12)16-11-14(19)17-8-1-2-9-17/h12,15H,1-11H2,(H,16,18). The molecule has 1 atom stereocenters. The van der Waals surface area contributed by atoms with Gasteiger partial charge in [0.25, 0.3) is 0 Å². The van der Waals surface area contributed by atoms with Crippen LogP contribution in [0.3, 0.4) is 0 Å². The molecule has 0 aromatic rings. The van der Waals surface area contributed by atoms with Gasteiger partial charge in [-0.2, -0.15) is 0 Å². The largest absolute Gasteiger partial charge is 0.347 e. The molecule has 0 bridgehead atoms. The summed E-state index contributed by atoms with van der Waals surface area (Å²) in [6.07, 6.45) is 6.08. The molecule has 2 aliphatic heterocycles. The smallest absolute Gasteiger partial charge is 0.241 e. The second kappa shape index (κ2) is 7.48. The molecule has 108 valence electrons. The summed E-state index contributed by atoms with van der Waals surface area (Å²) in [5.74, 6) is 0.692. The Labute approximate surface area is 115 Å². The van der Waals surface area contributed by atoms with Crippen LogP contribution in [-0.4, -0.2) is 49.4 Å². The normalized spacial score (nSPS) is 23.4. The Kier molecular flexibility index (Phi) is 5.63. The Bertz CT molecular complexity index is 308. The van der Waals surface area contributed by atoms with E-state index in [4.69, 9.17) is 0 Å². The Morgan fingerprint density at radius 2 is 2.00 bits per heavy atom. The van der Waals surface area contributed by atoms with E-state index in [0.29, 0.717) is 12.3 Å². The Morgan fingerprint density at radius 1 is 1.21 bits per heavy atom. The molecule has 2 amide bonds. The third-order valence-electron chi connectivity index (χ3n) is 4.07. The van der Waals surface area contributed by atoms with E-state index in [1.165, 1.54) is 12.8 Å². The lowest BCUT2D eigenvalue weighted by Gasteiger charge is -2.22. The van der Waals surface area contributed by atoms with Gasteiger partial charge in [-0.15, -0.1) is 0 Å². The van der Waals surface area contributed by atoms with E-state index < -0.39 is 0 Å². The summed E-state index contributed by atoms with van der Waals surface area (Å²) in [6.45, 7) is 4.00. The lowest BCUT2D eigenvalue weighted by atomic mass is 9.94. The number of hydrogen-bond acceptors (Lipinski definition) is 3. The van der Waals surface area contributed by atoms with Gasteiger partial charge in [0, 0.05) is 19.5 Å². The molecule has 0 radical (unpaired) electrons. The Morgan fingerprint density at radius 3 is 2.68 bits per heavy atom. The zero-order valence-electron chi connectivity index (χ0n) is 11.6. The summed E-state index contributed by atoms with van der Waals surface area (Å²) in [5.41, 5.74) is 0.